The number of imidazole rings is 1. The molecular formula is C17H18N4O. The molecule has 0 aliphatic carbocycles. The van der Waals surface area contributed by atoms with Crippen molar-refractivity contribution < 1.29 is 4.79 Å². The van der Waals surface area contributed by atoms with Crippen LogP contribution >= 0.6 is 0 Å². The van der Waals surface area contributed by atoms with Gasteiger partial charge in [0, 0.05) is 25.3 Å². The number of carbonyl (C=O) groups excluding carboxylic acids is 1. The summed E-state index contributed by atoms with van der Waals surface area (Å²) in [7, 11) is 3.90. The van der Waals surface area contributed by atoms with Crippen LogP contribution in [0, 0.1) is 0 Å². The molecule has 0 fully saturated rings. The van der Waals surface area contributed by atoms with Crippen LogP contribution in [0.1, 0.15) is 16.2 Å². The van der Waals surface area contributed by atoms with Crippen molar-refractivity contribution in [2.24, 2.45) is 0 Å². The maximum atomic E-state index is 12.2. The molecular weight excluding hydrogens is 276 g/mol. The number of nitrogens with zero attached hydrogens (tertiary/aromatic N) is 2. The molecule has 3 aromatic rings. The van der Waals surface area contributed by atoms with E-state index in [2.05, 4.69) is 15.3 Å². The average Bonchev–Trinajstić information content (AvgIpc) is 2.95. The fourth-order valence-corrected chi connectivity index (χ4v) is 2.28. The summed E-state index contributed by atoms with van der Waals surface area (Å²) in [4.78, 5) is 21.8. The highest BCUT2D eigenvalue weighted by molar-refractivity contribution is 5.95. The molecule has 2 aromatic carbocycles. The van der Waals surface area contributed by atoms with Gasteiger partial charge in [-0.3, -0.25) is 4.79 Å². The van der Waals surface area contributed by atoms with Gasteiger partial charge in [0.05, 0.1) is 17.6 Å². The SMILES string of the molecule is CN(C)c1cccc(C(=O)NCc2nc3ccccc3[nH]2)c1. The van der Waals surface area contributed by atoms with Gasteiger partial charge in [0.25, 0.3) is 5.91 Å². The third-order valence-electron chi connectivity index (χ3n) is 3.48. The first-order valence-electron chi connectivity index (χ1n) is 7.13. The summed E-state index contributed by atoms with van der Waals surface area (Å²) in [5, 5.41) is 2.89. The van der Waals surface area contributed by atoms with Crippen molar-refractivity contribution in [2.45, 2.75) is 6.54 Å². The average molecular weight is 294 g/mol. The summed E-state index contributed by atoms with van der Waals surface area (Å²) in [6.45, 7) is 0.375. The van der Waals surface area contributed by atoms with Crippen molar-refractivity contribution in [3.8, 4) is 0 Å². The van der Waals surface area contributed by atoms with Gasteiger partial charge < -0.3 is 15.2 Å². The van der Waals surface area contributed by atoms with E-state index in [1.54, 1.807) is 6.07 Å². The molecule has 3 rings (SSSR count). The predicted octanol–water partition coefficient (Wildman–Crippen LogP) is 2.56. The zero-order chi connectivity index (χ0) is 15.5. The molecule has 0 atom stereocenters. The number of para-hydroxylation sites is 2. The Morgan fingerprint density at radius 2 is 2.00 bits per heavy atom. The lowest BCUT2D eigenvalue weighted by atomic mass is 10.2. The lowest BCUT2D eigenvalue weighted by Crippen LogP contribution is -2.23. The molecule has 0 saturated heterocycles. The number of aromatic amines is 1. The van der Waals surface area contributed by atoms with Gasteiger partial charge in [-0.25, -0.2) is 4.98 Å². The Balaban J connectivity index is 1.70. The van der Waals surface area contributed by atoms with Crippen LogP contribution in [0.15, 0.2) is 48.5 Å². The second-order valence-electron chi connectivity index (χ2n) is 5.33. The van der Waals surface area contributed by atoms with Gasteiger partial charge in [-0.1, -0.05) is 18.2 Å². The van der Waals surface area contributed by atoms with Gasteiger partial charge in [-0.2, -0.15) is 0 Å². The number of hydrogen-bond acceptors (Lipinski definition) is 3. The molecule has 1 amide bonds. The standard InChI is InChI=1S/C17H18N4O/c1-21(2)13-7-5-6-12(10-13)17(22)18-11-16-19-14-8-3-4-9-15(14)20-16/h3-10H,11H2,1-2H3,(H,18,22)(H,19,20). The Morgan fingerprint density at radius 1 is 1.18 bits per heavy atom. The molecule has 112 valence electrons. The summed E-state index contributed by atoms with van der Waals surface area (Å²) in [5.74, 6) is 0.641. The van der Waals surface area contributed by atoms with Crippen molar-refractivity contribution in [1.82, 2.24) is 15.3 Å². The minimum absolute atomic E-state index is 0.107. The van der Waals surface area contributed by atoms with Crippen LogP contribution in [-0.4, -0.2) is 30.0 Å². The van der Waals surface area contributed by atoms with E-state index in [1.165, 1.54) is 0 Å². The summed E-state index contributed by atoms with van der Waals surface area (Å²) >= 11 is 0. The first-order chi connectivity index (χ1) is 10.6. The number of aromatic nitrogens is 2. The van der Waals surface area contributed by atoms with Crippen molar-refractivity contribution in [3.63, 3.8) is 0 Å². The van der Waals surface area contributed by atoms with E-state index in [9.17, 15) is 4.79 Å². The first kappa shape index (κ1) is 14.1. The van der Waals surface area contributed by atoms with Crippen molar-refractivity contribution in [2.75, 3.05) is 19.0 Å². The molecule has 0 aliphatic rings. The van der Waals surface area contributed by atoms with Gasteiger partial charge in [-0.05, 0) is 30.3 Å². The van der Waals surface area contributed by atoms with Crippen molar-refractivity contribution in [3.05, 3.63) is 59.9 Å². The molecule has 5 nitrogen and oxygen atoms in total. The fraction of sp³-hybridized carbons (Fsp3) is 0.176. The summed E-state index contributed by atoms with van der Waals surface area (Å²) in [6.07, 6.45) is 0. The van der Waals surface area contributed by atoms with Crippen LogP contribution in [0.2, 0.25) is 0 Å². The molecule has 0 unspecified atom stereocenters. The number of nitrogens with one attached hydrogen (secondary N) is 2. The van der Waals surface area contributed by atoms with Crippen LogP contribution in [0.25, 0.3) is 11.0 Å². The van der Waals surface area contributed by atoms with Gasteiger partial charge in [0.2, 0.25) is 0 Å². The highest BCUT2D eigenvalue weighted by Gasteiger charge is 2.08. The molecule has 0 saturated carbocycles. The van der Waals surface area contributed by atoms with Gasteiger partial charge in [-0.15, -0.1) is 0 Å². The molecule has 1 heterocycles. The largest absolute Gasteiger partial charge is 0.378 e. The molecule has 2 N–H and O–H groups in total. The molecule has 0 spiro atoms. The fourth-order valence-electron chi connectivity index (χ4n) is 2.28. The van der Waals surface area contributed by atoms with E-state index in [4.69, 9.17) is 0 Å². The molecule has 1 aromatic heterocycles. The van der Waals surface area contributed by atoms with E-state index < -0.39 is 0 Å². The quantitative estimate of drug-likeness (QED) is 0.777. The number of anilines is 1. The van der Waals surface area contributed by atoms with Crippen LogP contribution in [0.3, 0.4) is 0 Å². The van der Waals surface area contributed by atoms with E-state index in [1.807, 2.05) is 61.5 Å². The Hall–Kier alpha value is -2.82. The third kappa shape index (κ3) is 2.93. The summed E-state index contributed by atoms with van der Waals surface area (Å²) in [5.41, 5.74) is 3.52. The van der Waals surface area contributed by atoms with Crippen LogP contribution < -0.4 is 10.2 Å². The Morgan fingerprint density at radius 3 is 2.77 bits per heavy atom. The van der Waals surface area contributed by atoms with Gasteiger partial charge >= 0.3 is 0 Å². The Kier molecular flexibility index (Phi) is 3.78. The maximum absolute atomic E-state index is 12.2. The smallest absolute Gasteiger partial charge is 0.251 e. The first-order valence-corrected chi connectivity index (χ1v) is 7.13. The number of hydrogen-bond donors (Lipinski definition) is 2. The molecule has 0 radical (unpaired) electrons. The summed E-state index contributed by atoms with van der Waals surface area (Å²) in [6, 6.07) is 15.3. The molecule has 0 bridgehead atoms. The number of benzene rings is 2. The summed E-state index contributed by atoms with van der Waals surface area (Å²) < 4.78 is 0. The van der Waals surface area contributed by atoms with Gasteiger partial charge in [0.1, 0.15) is 5.82 Å². The molecule has 5 heteroatoms. The number of carbonyl (C=O) groups is 1. The minimum atomic E-state index is -0.107. The Bertz CT molecular complexity index is 774. The van der Waals surface area contributed by atoms with Gasteiger partial charge in [0.15, 0.2) is 0 Å². The van der Waals surface area contributed by atoms with Crippen LogP contribution in [0.5, 0.6) is 0 Å². The van der Waals surface area contributed by atoms with E-state index in [0.29, 0.717) is 12.1 Å². The number of amides is 1. The molecule has 0 aliphatic heterocycles. The van der Waals surface area contributed by atoms with Crippen LogP contribution in [0.4, 0.5) is 5.69 Å². The molecule has 22 heavy (non-hydrogen) atoms. The lowest BCUT2D eigenvalue weighted by molar-refractivity contribution is 0.0950. The maximum Gasteiger partial charge on any atom is 0.251 e. The Labute approximate surface area is 129 Å². The van der Waals surface area contributed by atoms with E-state index in [-0.39, 0.29) is 5.91 Å². The second-order valence-corrected chi connectivity index (χ2v) is 5.33. The highest BCUT2D eigenvalue weighted by atomic mass is 16.1. The van der Waals surface area contributed by atoms with E-state index >= 15 is 0 Å². The minimum Gasteiger partial charge on any atom is -0.378 e. The normalized spacial score (nSPS) is 10.6. The monoisotopic (exact) mass is 294 g/mol. The lowest BCUT2D eigenvalue weighted by Gasteiger charge is -2.13. The number of rotatable bonds is 4. The third-order valence-corrected chi connectivity index (χ3v) is 3.48. The number of fused-ring (bicyclic) bond motifs is 1. The highest BCUT2D eigenvalue weighted by Crippen LogP contribution is 2.14. The topological polar surface area (TPSA) is 61.0 Å². The number of H-pyrrole nitrogens is 1. The van der Waals surface area contributed by atoms with Crippen molar-refractivity contribution in [1.29, 1.82) is 0 Å². The van der Waals surface area contributed by atoms with Crippen LogP contribution in [-0.2, 0) is 6.54 Å². The van der Waals surface area contributed by atoms with Crippen molar-refractivity contribution >= 4 is 22.6 Å². The predicted molar refractivity (Wildman–Crippen MR) is 88.0 cm³/mol. The zero-order valence-corrected chi connectivity index (χ0v) is 12.6. The zero-order valence-electron chi connectivity index (χ0n) is 12.6. The van der Waals surface area contributed by atoms with E-state index in [0.717, 1.165) is 22.5 Å². The second kappa shape index (κ2) is 5.89.